The van der Waals surface area contributed by atoms with Gasteiger partial charge in [0.2, 0.25) is 5.88 Å². The normalized spacial score (nSPS) is 11.4. The molecule has 1 aromatic rings. The third-order valence-corrected chi connectivity index (χ3v) is 1.87. The SMILES string of the molecule is Oc1cnc(OC(F)(F)F)c(CBr)c1. The lowest BCUT2D eigenvalue weighted by molar-refractivity contribution is -0.276. The summed E-state index contributed by atoms with van der Waals surface area (Å²) in [6, 6.07) is 1.14. The second-order valence-electron chi connectivity index (χ2n) is 2.34. The molecule has 0 fully saturated rings. The summed E-state index contributed by atoms with van der Waals surface area (Å²) in [7, 11) is 0. The first kappa shape index (κ1) is 11.1. The molecule has 0 bridgehead atoms. The van der Waals surface area contributed by atoms with E-state index < -0.39 is 12.2 Å². The van der Waals surface area contributed by atoms with Gasteiger partial charge in [-0.2, -0.15) is 0 Å². The van der Waals surface area contributed by atoms with Crippen LogP contribution in [0.5, 0.6) is 11.6 Å². The smallest absolute Gasteiger partial charge is 0.506 e. The molecule has 0 aliphatic carbocycles. The van der Waals surface area contributed by atoms with Crippen LogP contribution in [0, 0.1) is 0 Å². The number of alkyl halides is 4. The van der Waals surface area contributed by atoms with Crippen LogP contribution in [0.15, 0.2) is 12.3 Å². The van der Waals surface area contributed by atoms with Crippen LogP contribution >= 0.6 is 15.9 Å². The largest absolute Gasteiger partial charge is 0.574 e. The Morgan fingerprint density at radius 2 is 2.14 bits per heavy atom. The summed E-state index contributed by atoms with van der Waals surface area (Å²) < 4.78 is 39.1. The lowest BCUT2D eigenvalue weighted by atomic mass is 10.3. The second kappa shape index (κ2) is 4.04. The highest BCUT2D eigenvalue weighted by atomic mass is 79.9. The van der Waals surface area contributed by atoms with Gasteiger partial charge in [-0.25, -0.2) is 4.98 Å². The highest BCUT2D eigenvalue weighted by Crippen LogP contribution is 2.27. The first-order chi connectivity index (χ1) is 6.42. The molecule has 0 amide bonds. The minimum Gasteiger partial charge on any atom is -0.506 e. The average Bonchev–Trinajstić information content (AvgIpc) is 2.06. The minimum atomic E-state index is -4.78. The highest BCUT2D eigenvalue weighted by Gasteiger charge is 2.32. The van der Waals surface area contributed by atoms with E-state index in [1.54, 1.807) is 0 Å². The molecule has 0 atom stereocenters. The Labute approximate surface area is 85.7 Å². The van der Waals surface area contributed by atoms with E-state index in [1.165, 1.54) is 0 Å². The van der Waals surface area contributed by atoms with Crippen molar-refractivity contribution in [2.45, 2.75) is 11.7 Å². The van der Waals surface area contributed by atoms with Crippen LogP contribution in [-0.4, -0.2) is 16.5 Å². The Hall–Kier alpha value is -0.980. The van der Waals surface area contributed by atoms with Crippen molar-refractivity contribution < 1.29 is 23.0 Å². The molecule has 0 radical (unpaired) electrons. The first-order valence-corrected chi connectivity index (χ1v) is 4.54. The van der Waals surface area contributed by atoms with Gasteiger partial charge in [-0.15, -0.1) is 13.2 Å². The van der Waals surface area contributed by atoms with Crippen molar-refractivity contribution in [1.82, 2.24) is 4.98 Å². The minimum absolute atomic E-state index is 0.111. The van der Waals surface area contributed by atoms with Gasteiger partial charge in [-0.05, 0) is 6.07 Å². The van der Waals surface area contributed by atoms with Crippen molar-refractivity contribution in [3.63, 3.8) is 0 Å². The van der Waals surface area contributed by atoms with Gasteiger partial charge in [-0.3, -0.25) is 0 Å². The predicted molar refractivity (Wildman–Crippen MR) is 45.2 cm³/mol. The number of halogens is 4. The van der Waals surface area contributed by atoms with Crippen molar-refractivity contribution >= 4 is 15.9 Å². The monoisotopic (exact) mass is 271 g/mol. The maximum absolute atomic E-state index is 11.8. The number of nitrogens with zero attached hydrogens (tertiary/aromatic N) is 1. The van der Waals surface area contributed by atoms with Crippen LogP contribution < -0.4 is 4.74 Å². The van der Waals surface area contributed by atoms with Crippen LogP contribution in [0.2, 0.25) is 0 Å². The fraction of sp³-hybridized carbons (Fsp3) is 0.286. The first-order valence-electron chi connectivity index (χ1n) is 3.42. The number of pyridine rings is 1. The molecule has 0 unspecified atom stereocenters. The van der Waals surface area contributed by atoms with E-state index in [0.717, 1.165) is 12.3 Å². The van der Waals surface area contributed by atoms with E-state index in [-0.39, 0.29) is 16.6 Å². The van der Waals surface area contributed by atoms with Crippen LogP contribution in [-0.2, 0) is 5.33 Å². The fourth-order valence-electron chi connectivity index (χ4n) is 0.782. The van der Waals surface area contributed by atoms with Gasteiger partial charge in [0.25, 0.3) is 0 Å². The lowest BCUT2D eigenvalue weighted by Gasteiger charge is -2.10. The standard InChI is InChI=1S/C7H5BrF3NO2/c8-2-4-1-5(13)3-12-6(4)14-7(9,10)11/h1,3,13H,2H2. The molecule has 0 aliphatic rings. The Morgan fingerprint density at radius 3 is 2.64 bits per heavy atom. The van der Waals surface area contributed by atoms with Gasteiger partial charge in [0.05, 0.1) is 6.20 Å². The maximum Gasteiger partial charge on any atom is 0.574 e. The van der Waals surface area contributed by atoms with Gasteiger partial charge in [0.1, 0.15) is 5.75 Å². The number of aromatic nitrogens is 1. The summed E-state index contributed by atoms with van der Waals surface area (Å²) in [6.07, 6.45) is -3.89. The quantitative estimate of drug-likeness (QED) is 0.841. The molecule has 0 saturated carbocycles. The lowest BCUT2D eigenvalue weighted by Crippen LogP contribution is -2.18. The topological polar surface area (TPSA) is 42.4 Å². The van der Waals surface area contributed by atoms with Crippen LogP contribution in [0.1, 0.15) is 5.56 Å². The summed E-state index contributed by atoms with van der Waals surface area (Å²) in [5.74, 6) is -0.777. The molecule has 78 valence electrons. The average molecular weight is 272 g/mol. The van der Waals surface area contributed by atoms with Crippen LogP contribution in [0.25, 0.3) is 0 Å². The van der Waals surface area contributed by atoms with Gasteiger partial charge in [-0.1, -0.05) is 15.9 Å². The fourth-order valence-corrected chi connectivity index (χ4v) is 1.18. The molecule has 1 aromatic heterocycles. The molecule has 1 heterocycles. The molecule has 0 spiro atoms. The van der Waals surface area contributed by atoms with E-state index in [1.807, 2.05) is 0 Å². The van der Waals surface area contributed by atoms with Crippen molar-refractivity contribution in [2.24, 2.45) is 0 Å². The van der Waals surface area contributed by atoms with E-state index in [0.29, 0.717) is 0 Å². The van der Waals surface area contributed by atoms with Crippen molar-refractivity contribution in [2.75, 3.05) is 0 Å². The number of hydrogen-bond acceptors (Lipinski definition) is 3. The molecule has 0 aromatic carbocycles. The summed E-state index contributed by atoms with van der Waals surface area (Å²) in [5, 5.41) is 9.06. The van der Waals surface area contributed by atoms with Gasteiger partial charge >= 0.3 is 6.36 Å². The van der Waals surface area contributed by atoms with Crippen LogP contribution in [0.3, 0.4) is 0 Å². The van der Waals surface area contributed by atoms with Crippen molar-refractivity contribution in [3.05, 3.63) is 17.8 Å². The third-order valence-electron chi connectivity index (χ3n) is 1.27. The van der Waals surface area contributed by atoms with Gasteiger partial charge in [0.15, 0.2) is 0 Å². The third kappa shape index (κ3) is 3.06. The zero-order valence-corrected chi connectivity index (χ0v) is 8.26. The van der Waals surface area contributed by atoms with E-state index in [9.17, 15) is 13.2 Å². The van der Waals surface area contributed by atoms with E-state index in [2.05, 4.69) is 25.7 Å². The summed E-state index contributed by atoms with van der Waals surface area (Å²) in [5.41, 5.74) is 0.127. The van der Waals surface area contributed by atoms with Gasteiger partial charge in [0, 0.05) is 10.9 Å². The Morgan fingerprint density at radius 1 is 1.50 bits per heavy atom. The Kier molecular flexibility index (Phi) is 3.20. The molecular formula is C7H5BrF3NO2. The Balaban J connectivity index is 2.97. The number of aromatic hydroxyl groups is 1. The number of ether oxygens (including phenoxy) is 1. The van der Waals surface area contributed by atoms with Gasteiger partial charge < -0.3 is 9.84 Å². The zero-order chi connectivity index (χ0) is 10.8. The van der Waals surface area contributed by atoms with E-state index in [4.69, 9.17) is 5.11 Å². The number of hydrogen-bond donors (Lipinski definition) is 1. The Bertz CT molecular complexity index is 329. The second-order valence-corrected chi connectivity index (χ2v) is 2.90. The predicted octanol–water partition coefficient (Wildman–Crippen LogP) is 2.58. The van der Waals surface area contributed by atoms with E-state index >= 15 is 0 Å². The number of rotatable bonds is 2. The molecule has 1 N–H and O–H groups in total. The van der Waals surface area contributed by atoms with Crippen molar-refractivity contribution in [1.29, 1.82) is 0 Å². The molecular weight excluding hydrogens is 267 g/mol. The summed E-state index contributed by atoms with van der Waals surface area (Å²) in [4.78, 5) is 3.31. The molecule has 0 saturated heterocycles. The van der Waals surface area contributed by atoms with Crippen molar-refractivity contribution in [3.8, 4) is 11.6 Å². The zero-order valence-electron chi connectivity index (χ0n) is 6.68. The molecule has 7 heteroatoms. The molecule has 0 aliphatic heterocycles. The molecule has 3 nitrogen and oxygen atoms in total. The molecule has 14 heavy (non-hydrogen) atoms. The maximum atomic E-state index is 11.8. The highest BCUT2D eigenvalue weighted by molar-refractivity contribution is 9.08. The summed E-state index contributed by atoms with van der Waals surface area (Å²) in [6.45, 7) is 0. The van der Waals surface area contributed by atoms with Crippen LogP contribution in [0.4, 0.5) is 13.2 Å². The summed E-state index contributed by atoms with van der Waals surface area (Å²) >= 11 is 2.95. The molecule has 1 rings (SSSR count).